The molecule has 15 nitrogen and oxygen atoms in total. The molecule has 0 unspecified atom stereocenters. The smallest absolute Gasteiger partial charge is 0.340 e. The Morgan fingerprint density at radius 3 is 2.12 bits per heavy atom. The molecule has 0 aliphatic rings. The zero-order valence-corrected chi connectivity index (χ0v) is 23.3. The van der Waals surface area contributed by atoms with Crippen molar-refractivity contribution in [3.8, 4) is 0 Å². The van der Waals surface area contributed by atoms with Crippen LogP contribution in [0.2, 0.25) is 0 Å². The monoisotopic (exact) mass is 606 g/mol. The van der Waals surface area contributed by atoms with E-state index in [4.69, 9.17) is 21.3 Å². The molecule has 0 saturated carbocycles. The van der Waals surface area contributed by atoms with Gasteiger partial charge in [0.25, 0.3) is 10.1 Å². The zero-order chi connectivity index (χ0) is 30.5. The van der Waals surface area contributed by atoms with Gasteiger partial charge in [0.05, 0.1) is 53.6 Å². The Bertz CT molecular complexity index is 1770. The summed E-state index contributed by atoms with van der Waals surface area (Å²) in [5, 5.41) is 34.7. The normalized spacial score (nSPS) is 12.3. The van der Waals surface area contributed by atoms with E-state index in [1.54, 1.807) is 12.1 Å². The van der Waals surface area contributed by atoms with Crippen molar-refractivity contribution in [1.29, 1.82) is 0 Å². The predicted octanol–water partition coefficient (Wildman–Crippen LogP) is 3.28. The summed E-state index contributed by atoms with van der Waals surface area (Å²) in [5.41, 5.74) is 10.9. The van der Waals surface area contributed by atoms with Gasteiger partial charge in [-0.2, -0.15) is 13.5 Å². The number of aliphatic hydroxyl groups is 2. The van der Waals surface area contributed by atoms with Crippen LogP contribution in [0.4, 0.5) is 34.1 Å². The fourth-order valence-corrected chi connectivity index (χ4v) is 5.59. The van der Waals surface area contributed by atoms with Crippen LogP contribution in [0, 0.1) is 6.92 Å². The summed E-state index contributed by atoms with van der Waals surface area (Å²) in [4.78, 5) is 11.1. The second-order valence-electron chi connectivity index (χ2n) is 8.40. The Kier molecular flexibility index (Phi) is 9.51. The van der Waals surface area contributed by atoms with Crippen molar-refractivity contribution in [2.75, 3.05) is 30.9 Å². The largest absolute Gasteiger partial charge is 0.465 e. The van der Waals surface area contributed by atoms with Crippen LogP contribution in [0.15, 0.2) is 72.7 Å². The summed E-state index contributed by atoms with van der Waals surface area (Å²) >= 11 is 0. The summed E-state index contributed by atoms with van der Waals surface area (Å²) in [6.07, 6.45) is 0. The molecule has 3 aromatic carbocycles. The number of ether oxygens (including phenoxy) is 1. The van der Waals surface area contributed by atoms with Crippen molar-refractivity contribution in [2.45, 2.75) is 23.3 Å². The Balaban J connectivity index is 2.18. The maximum Gasteiger partial charge on any atom is 0.340 e. The average molecular weight is 607 g/mol. The van der Waals surface area contributed by atoms with Gasteiger partial charge in [0, 0.05) is 5.56 Å². The average Bonchev–Trinajstić information content (AvgIpc) is 2.91. The van der Waals surface area contributed by atoms with Crippen LogP contribution in [-0.2, 0) is 31.3 Å². The topological polar surface area (TPSA) is 257 Å². The lowest BCUT2D eigenvalue weighted by Crippen LogP contribution is -2.12. The summed E-state index contributed by atoms with van der Waals surface area (Å²) in [6, 6.07) is 9.34. The van der Waals surface area contributed by atoms with Gasteiger partial charge in [-0.3, -0.25) is 4.55 Å². The van der Waals surface area contributed by atoms with Crippen LogP contribution in [0.1, 0.15) is 21.5 Å². The van der Waals surface area contributed by atoms with Crippen molar-refractivity contribution in [2.24, 2.45) is 20.5 Å². The van der Waals surface area contributed by atoms with Crippen LogP contribution >= 0.6 is 0 Å². The molecule has 3 aromatic rings. The number of aryl methyl sites for hydroxylation is 1. The van der Waals surface area contributed by atoms with E-state index >= 15 is 0 Å². The van der Waals surface area contributed by atoms with Crippen LogP contribution in [-0.4, -0.2) is 57.0 Å². The molecule has 0 amide bonds. The first-order valence-corrected chi connectivity index (χ1v) is 14.6. The van der Waals surface area contributed by atoms with Gasteiger partial charge in [-0.15, -0.1) is 15.3 Å². The molecule has 0 aliphatic heterocycles. The van der Waals surface area contributed by atoms with E-state index in [1.807, 2.05) is 0 Å². The minimum Gasteiger partial charge on any atom is -0.465 e. The first kappa shape index (κ1) is 31.2. The SMILES string of the molecule is COC(=O)c1ccccc1/N=N/c1cc(S(=O)(=O)O)c(N)c(/N=N/c2cc(C)c(S(=O)(=O)CCO)cc2CO)c1N. The number of azo groups is 2. The van der Waals surface area contributed by atoms with E-state index in [1.165, 1.54) is 38.3 Å². The van der Waals surface area contributed by atoms with Gasteiger partial charge >= 0.3 is 5.97 Å². The van der Waals surface area contributed by atoms with Gasteiger partial charge in [-0.25, -0.2) is 13.2 Å². The van der Waals surface area contributed by atoms with Gasteiger partial charge < -0.3 is 26.4 Å². The highest BCUT2D eigenvalue weighted by Gasteiger charge is 2.23. The molecule has 0 spiro atoms. The third kappa shape index (κ3) is 6.90. The summed E-state index contributed by atoms with van der Waals surface area (Å²) in [7, 11) is -7.60. The number of esters is 1. The number of sulfone groups is 1. The number of aliphatic hydroxyl groups excluding tert-OH is 2. The number of hydrogen-bond acceptors (Lipinski definition) is 14. The number of nitrogens with zero attached hydrogens (tertiary/aromatic N) is 4. The number of rotatable bonds is 10. The van der Waals surface area contributed by atoms with E-state index in [0.717, 1.165) is 6.07 Å². The molecule has 0 saturated heterocycles. The van der Waals surface area contributed by atoms with Crippen molar-refractivity contribution in [1.82, 2.24) is 0 Å². The van der Waals surface area contributed by atoms with Crippen molar-refractivity contribution < 1.29 is 41.1 Å². The fourth-order valence-electron chi connectivity index (χ4n) is 3.62. The van der Waals surface area contributed by atoms with Gasteiger partial charge in [0.1, 0.15) is 22.0 Å². The number of anilines is 2. The number of carbonyl (C=O) groups excluding carboxylic acids is 1. The molecule has 3 rings (SSSR count). The third-order valence-corrected chi connectivity index (χ3v) is 8.40. The molecular formula is C24H26N6O9S2. The summed E-state index contributed by atoms with van der Waals surface area (Å²) in [5.74, 6) is -1.24. The Labute approximate surface area is 234 Å². The molecule has 0 aromatic heterocycles. The number of methoxy groups -OCH3 is 1. The van der Waals surface area contributed by atoms with Gasteiger partial charge in [0.2, 0.25) is 0 Å². The second kappa shape index (κ2) is 12.5. The molecule has 7 N–H and O–H groups in total. The number of carbonyl (C=O) groups is 1. The summed E-state index contributed by atoms with van der Waals surface area (Å²) in [6.45, 7) is 0.219. The standard InChI is InChI=1S/C24H26N6O9S2/c1-13-9-17(14(12-32)10-19(13)40(34,35)8-7-31)28-30-23-21(25)18(11-20(22(23)26)41(36,37)38)29-27-16-6-4-3-5-15(16)24(33)39-2/h3-6,9-11,31-32H,7-8,12,25-26H2,1-2H3,(H,36,37,38)/b29-27+,30-28+. The van der Waals surface area contributed by atoms with Gasteiger partial charge in [-0.05, 0) is 42.8 Å². The number of nitrogens with two attached hydrogens (primary N) is 2. The van der Waals surface area contributed by atoms with Crippen molar-refractivity contribution in [3.05, 3.63) is 59.2 Å². The van der Waals surface area contributed by atoms with E-state index in [2.05, 4.69) is 20.5 Å². The molecular weight excluding hydrogens is 580 g/mol. The number of nitrogen functional groups attached to an aromatic ring is 2. The van der Waals surface area contributed by atoms with Crippen molar-refractivity contribution >= 4 is 60.0 Å². The predicted molar refractivity (Wildman–Crippen MR) is 147 cm³/mol. The highest BCUT2D eigenvalue weighted by molar-refractivity contribution is 7.91. The zero-order valence-electron chi connectivity index (χ0n) is 21.7. The fraction of sp³-hybridized carbons (Fsp3) is 0.208. The molecule has 0 aliphatic carbocycles. The van der Waals surface area contributed by atoms with Crippen LogP contribution in [0.5, 0.6) is 0 Å². The third-order valence-electron chi connectivity index (χ3n) is 5.67. The molecule has 0 atom stereocenters. The Morgan fingerprint density at radius 1 is 0.878 bits per heavy atom. The Hall–Kier alpha value is -4.29. The first-order valence-electron chi connectivity index (χ1n) is 11.5. The molecule has 218 valence electrons. The van der Waals surface area contributed by atoms with Crippen LogP contribution in [0.3, 0.4) is 0 Å². The second-order valence-corrected chi connectivity index (χ2v) is 11.9. The van der Waals surface area contributed by atoms with Crippen LogP contribution < -0.4 is 11.5 Å². The van der Waals surface area contributed by atoms with Gasteiger partial charge in [-0.1, -0.05) is 12.1 Å². The lowest BCUT2D eigenvalue weighted by atomic mass is 10.1. The maximum atomic E-state index is 12.5. The maximum absolute atomic E-state index is 12.5. The lowest BCUT2D eigenvalue weighted by molar-refractivity contribution is 0.0601. The minimum absolute atomic E-state index is 0.000751. The lowest BCUT2D eigenvalue weighted by Gasteiger charge is -2.12. The summed E-state index contributed by atoms with van der Waals surface area (Å²) < 4.78 is 63.5. The quantitative estimate of drug-likeness (QED) is 0.0967. The molecule has 41 heavy (non-hydrogen) atoms. The van der Waals surface area contributed by atoms with Crippen LogP contribution in [0.25, 0.3) is 0 Å². The molecule has 0 heterocycles. The first-order chi connectivity index (χ1) is 19.2. The van der Waals surface area contributed by atoms with E-state index in [0.29, 0.717) is 0 Å². The molecule has 0 fully saturated rings. The highest BCUT2D eigenvalue weighted by Crippen LogP contribution is 2.43. The van der Waals surface area contributed by atoms with Crippen molar-refractivity contribution in [3.63, 3.8) is 0 Å². The Morgan fingerprint density at radius 2 is 1.51 bits per heavy atom. The number of benzene rings is 3. The van der Waals surface area contributed by atoms with E-state index < -0.39 is 61.2 Å². The molecule has 0 radical (unpaired) electrons. The number of hydrogen-bond donors (Lipinski definition) is 5. The molecule has 0 bridgehead atoms. The van der Waals surface area contributed by atoms with E-state index in [-0.39, 0.29) is 44.3 Å². The van der Waals surface area contributed by atoms with E-state index in [9.17, 15) is 31.3 Å². The molecule has 17 heteroatoms. The highest BCUT2D eigenvalue weighted by atomic mass is 32.2. The minimum atomic E-state index is -4.92. The van der Waals surface area contributed by atoms with Gasteiger partial charge in [0.15, 0.2) is 9.84 Å².